The third-order valence-electron chi connectivity index (χ3n) is 3.12. The number of piperazine rings is 1. The van der Waals surface area contributed by atoms with Gasteiger partial charge in [0.05, 0.1) is 11.4 Å². The van der Waals surface area contributed by atoms with Crippen LogP contribution in [0.15, 0.2) is 12.1 Å². The summed E-state index contributed by atoms with van der Waals surface area (Å²) in [6.45, 7) is 8.26. The summed E-state index contributed by atoms with van der Waals surface area (Å²) in [5.74, 6) is 0. The molecule has 2 amide bonds. The number of amides is 2. The Morgan fingerprint density at radius 3 is 2.94 bits per heavy atom. The second-order valence-corrected chi connectivity index (χ2v) is 4.82. The number of hydrogen-bond acceptors (Lipinski definition) is 3. The summed E-state index contributed by atoms with van der Waals surface area (Å²) >= 11 is 0. The van der Waals surface area contributed by atoms with E-state index < -0.39 is 0 Å². The van der Waals surface area contributed by atoms with E-state index >= 15 is 0 Å². The highest BCUT2D eigenvalue weighted by Gasteiger charge is 2.20. The number of aryl methyl sites for hydroxylation is 2. The Kier molecular flexibility index (Phi) is 3.81. The van der Waals surface area contributed by atoms with Gasteiger partial charge in [-0.05, 0) is 32.9 Å². The van der Waals surface area contributed by atoms with Crippen LogP contribution in [0.5, 0.6) is 0 Å². The number of pyridine rings is 1. The number of urea groups is 1. The van der Waals surface area contributed by atoms with Crippen molar-refractivity contribution in [2.24, 2.45) is 0 Å². The Morgan fingerprint density at radius 2 is 2.28 bits per heavy atom. The quantitative estimate of drug-likeness (QED) is 0.792. The van der Waals surface area contributed by atoms with Crippen LogP contribution in [0, 0.1) is 13.8 Å². The number of hydrogen-bond donors (Lipinski definition) is 2. The highest BCUT2D eigenvalue weighted by molar-refractivity contribution is 5.90. The smallest absolute Gasteiger partial charge is 0.321 e. The van der Waals surface area contributed by atoms with E-state index in [4.69, 9.17) is 0 Å². The summed E-state index contributed by atoms with van der Waals surface area (Å²) in [7, 11) is 0. The molecule has 0 saturated carbocycles. The van der Waals surface area contributed by atoms with E-state index in [0.717, 1.165) is 36.7 Å². The van der Waals surface area contributed by atoms with Crippen molar-refractivity contribution >= 4 is 11.7 Å². The van der Waals surface area contributed by atoms with E-state index in [0.29, 0.717) is 6.04 Å². The summed E-state index contributed by atoms with van der Waals surface area (Å²) in [6, 6.07) is 4.11. The van der Waals surface area contributed by atoms with E-state index in [2.05, 4.69) is 22.5 Å². The molecule has 2 rings (SSSR count). The fourth-order valence-electron chi connectivity index (χ4n) is 2.13. The molecule has 1 aromatic rings. The molecule has 1 saturated heterocycles. The van der Waals surface area contributed by atoms with Gasteiger partial charge in [-0.15, -0.1) is 0 Å². The van der Waals surface area contributed by atoms with Crippen LogP contribution < -0.4 is 10.6 Å². The Hall–Kier alpha value is -1.62. The molecule has 0 radical (unpaired) electrons. The molecule has 2 N–H and O–H groups in total. The molecule has 0 spiro atoms. The SMILES string of the molecule is Cc1ccc(NC(=O)N2CCNC(C)C2)c(C)n1. The Morgan fingerprint density at radius 1 is 1.50 bits per heavy atom. The molecule has 0 bridgehead atoms. The Balaban J connectivity index is 2.02. The minimum Gasteiger partial charge on any atom is -0.322 e. The molecular weight excluding hydrogens is 228 g/mol. The van der Waals surface area contributed by atoms with Crippen LogP contribution in [0.3, 0.4) is 0 Å². The summed E-state index contributed by atoms with van der Waals surface area (Å²) in [5.41, 5.74) is 2.60. The van der Waals surface area contributed by atoms with Crippen molar-refractivity contribution in [1.29, 1.82) is 0 Å². The Bertz CT molecular complexity index is 447. The zero-order valence-corrected chi connectivity index (χ0v) is 11.2. The normalized spacial score (nSPS) is 19.7. The minimum absolute atomic E-state index is 0.0443. The maximum absolute atomic E-state index is 12.1. The lowest BCUT2D eigenvalue weighted by Gasteiger charge is -2.32. The molecule has 18 heavy (non-hydrogen) atoms. The van der Waals surface area contributed by atoms with Crippen LogP contribution in [-0.2, 0) is 0 Å². The van der Waals surface area contributed by atoms with Gasteiger partial charge in [-0.3, -0.25) is 4.98 Å². The van der Waals surface area contributed by atoms with E-state index in [-0.39, 0.29) is 6.03 Å². The monoisotopic (exact) mass is 248 g/mol. The van der Waals surface area contributed by atoms with Crippen molar-refractivity contribution in [3.63, 3.8) is 0 Å². The fourth-order valence-corrected chi connectivity index (χ4v) is 2.13. The van der Waals surface area contributed by atoms with Crippen molar-refractivity contribution in [2.45, 2.75) is 26.8 Å². The van der Waals surface area contributed by atoms with Crippen molar-refractivity contribution < 1.29 is 4.79 Å². The van der Waals surface area contributed by atoms with Gasteiger partial charge >= 0.3 is 6.03 Å². The predicted octanol–water partition coefficient (Wildman–Crippen LogP) is 1.52. The van der Waals surface area contributed by atoms with E-state index in [1.807, 2.05) is 30.9 Å². The minimum atomic E-state index is -0.0443. The number of carbonyl (C=O) groups excluding carboxylic acids is 1. The highest BCUT2D eigenvalue weighted by Crippen LogP contribution is 2.13. The molecule has 1 aliphatic heterocycles. The molecule has 1 atom stereocenters. The molecule has 1 fully saturated rings. The van der Waals surface area contributed by atoms with Gasteiger partial charge in [0.1, 0.15) is 0 Å². The first-order chi connectivity index (χ1) is 8.56. The van der Waals surface area contributed by atoms with Gasteiger partial charge in [-0.2, -0.15) is 0 Å². The van der Waals surface area contributed by atoms with Crippen molar-refractivity contribution in [3.8, 4) is 0 Å². The van der Waals surface area contributed by atoms with Gasteiger partial charge in [-0.25, -0.2) is 4.79 Å². The third kappa shape index (κ3) is 2.98. The second kappa shape index (κ2) is 5.35. The average Bonchev–Trinajstić information content (AvgIpc) is 2.32. The topological polar surface area (TPSA) is 57.3 Å². The van der Waals surface area contributed by atoms with Gasteiger partial charge < -0.3 is 15.5 Å². The molecule has 2 heterocycles. The van der Waals surface area contributed by atoms with E-state index in [1.165, 1.54) is 0 Å². The number of nitrogens with zero attached hydrogens (tertiary/aromatic N) is 2. The van der Waals surface area contributed by atoms with Crippen LogP contribution in [0.2, 0.25) is 0 Å². The van der Waals surface area contributed by atoms with Crippen molar-refractivity contribution in [1.82, 2.24) is 15.2 Å². The first kappa shape index (κ1) is 12.8. The van der Waals surface area contributed by atoms with Gasteiger partial charge in [0, 0.05) is 31.4 Å². The molecule has 5 heteroatoms. The fraction of sp³-hybridized carbons (Fsp3) is 0.538. The number of anilines is 1. The first-order valence-corrected chi connectivity index (χ1v) is 6.30. The van der Waals surface area contributed by atoms with Crippen molar-refractivity contribution in [2.75, 3.05) is 25.0 Å². The largest absolute Gasteiger partial charge is 0.322 e. The molecule has 0 aliphatic carbocycles. The van der Waals surface area contributed by atoms with Gasteiger partial charge in [-0.1, -0.05) is 0 Å². The van der Waals surface area contributed by atoms with E-state index in [9.17, 15) is 4.79 Å². The predicted molar refractivity (Wildman–Crippen MR) is 71.8 cm³/mol. The van der Waals surface area contributed by atoms with Crippen LogP contribution in [0.25, 0.3) is 0 Å². The summed E-state index contributed by atoms with van der Waals surface area (Å²) < 4.78 is 0. The molecule has 5 nitrogen and oxygen atoms in total. The summed E-state index contributed by atoms with van der Waals surface area (Å²) in [5, 5.41) is 6.24. The van der Waals surface area contributed by atoms with Gasteiger partial charge in [0.15, 0.2) is 0 Å². The van der Waals surface area contributed by atoms with Crippen molar-refractivity contribution in [3.05, 3.63) is 23.5 Å². The lowest BCUT2D eigenvalue weighted by Crippen LogP contribution is -2.52. The average molecular weight is 248 g/mol. The maximum Gasteiger partial charge on any atom is 0.321 e. The van der Waals surface area contributed by atoms with Crippen LogP contribution in [0.1, 0.15) is 18.3 Å². The van der Waals surface area contributed by atoms with Crippen LogP contribution in [0.4, 0.5) is 10.5 Å². The molecular formula is C13H20N4O. The third-order valence-corrected chi connectivity index (χ3v) is 3.12. The van der Waals surface area contributed by atoms with E-state index in [1.54, 1.807) is 0 Å². The molecule has 98 valence electrons. The van der Waals surface area contributed by atoms with Gasteiger partial charge in [0.2, 0.25) is 0 Å². The van der Waals surface area contributed by atoms with Gasteiger partial charge in [0.25, 0.3) is 0 Å². The molecule has 1 aliphatic rings. The molecule has 1 unspecified atom stereocenters. The zero-order valence-electron chi connectivity index (χ0n) is 11.2. The highest BCUT2D eigenvalue weighted by atomic mass is 16.2. The first-order valence-electron chi connectivity index (χ1n) is 6.30. The summed E-state index contributed by atoms with van der Waals surface area (Å²) in [6.07, 6.45) is 0. The van der Waals surface area contributed by atoms with Crippen LogP contribution in [-0.4, -0.2) is 41.6 Å². The Labute approximate surface area is 108 Å². The zero-order chi connectivity index (χ0) is 13.1. The number of aromatic nitrogens is 1. The number of rotatable bonds is 1. The standard InChI is InChI=1S/C13H20N4O/c1-9-4-5-12(11(3)15-9)16-13(18)17-7-6-14-10(2)8-17/h4-5,10,14H,6-8H2,1-3H3,(H,16,18). The number of nitrogens with one attached hydrogen (secondary N) is 2. The number of carbonyl (C=O) groups is 1. The maximum atomic E-state index is 12.1. The lowest BCUT2D eigenvalue weighted by molar-refractivity contribution is 0.192. The van der Waals surface area contributed by atoms with Crippen LogP contribution >= 0.6 is 0 Å². The lowest BCUT2D eigenvalue weighted by atomic mass is 10.2. The summed E-state index contributed by atoms with van der Waals surface area (Å²) in [4.78, 5) is 18.3. The molecule has 0 aromatic carbocycles. The second-order valence-electron chi connectivity index (χ2n) is 4.82. The molecule has 1 aromatic heterocycles.